The maximum absolute atomic E-state index is 12.6. The first kappa shape index (κ1) is 27.0. The summed E-state index contributed by atoms with van der Waals surface area (Å²) in [7, 11) is 1.60. The lowest BCUT2D eigenvalue weighted by Crippen LogP contribution is -2.20. The lowest BCUT2D eigenvalue weighted by atomic mass is 10.1. The molecule has 0 fully saturated rings. The number of carbonyl (C=O) groups excluding carboxylic acids is 1. The van der Waals surface area contributed by atoms with Crippen LogP contribution in [0.5, 0.6) is 11.5 Å². The van der Waals surface area contributed by atoms with Crippen molar-refractivity contribution in [1.29, 1.82) is 0 Å². The molecular weight excluding hydrogens is 520 g/mol. The van der Waals surface area contributed by atoms with Crippen molar-refractivity contribution in [3.05, 3.63) is 119 Å². The van der Waals surface area contributed by atoms with E-state index in [9.17, 15) is 4.79 Å². The number of benzene rings is 4. The van der Waals surface area contributed by atoms with E-state index in [0.29, 0.717) is 24.7 Å². The van der Waals surface area contributed by atoms with E-state index >= 15 is 0 Å². The normalized spacial score (nSPS) is 11.2. The first-order valence-electron chi connectivity index (χ1n) is 12.9. The molecule has 5 aromatic rings. The van der Waals surface area contributed by atoms with Crippen LogP contribution in [0.2, 0.25) is 0 Å². The van der Waals surface area contributed by atoms with E-state index < -0.39 is 0 Å². The lowest BCUT2D eigenvalue weighted by molar-refractivity contribution is -0.118. The molecule has 4 aromatic carbocycles. The first-order valence-corrected chi connectivity index (χ1v) is 13.9. The summed E-state index contributed by atoms with van der Waals surface area (Å²) >= 11 is 1.39. The second-order valence-corrected chi connectivity index (χ2v) is 10.2. The largest absolute Gasteiger partial charge is 0.493 e. The number of imidazole rings is 1. The zero-order valence-corrected chi connectivity index (χ0v) is 23.2. The smallest absolute Gasteiger partial charge is 0.250 e. The zero-order chi connectivity index (χ0) is 27.7. The molecule has 1 amide bonds. The molecule has 5 rings (SSSR count). The van der Waals surface area contributed by atoms with Gasteiger partial charge in [-0.3, -0.25) is 4.79 Å². The van der Waals surface area contributed by atoms with Crippen LogP contribution in [0.3, 0.4) is 0 Å². The first-order chi connectivity index (χ1) is 19.6. The minimum Gasteiger partial charge on any atom is -0.493 e. The fourth-order valence-corrected chi connectivity index (χ4v) is 4.96. The highest BCUT2D eigenvalue weighted by Crippen LogP contribution is 2.28. The molecule has 0 radical (unpaired) electrons. The second kappa shape index (κ2) is 13.0. The molecule has 0 aliphatic rings. The van der Waals surface area contributed by atoms with Gasteiger partial charge in [0.2, 0.25) is 0 Å². The van der Waals surface area contributed by atoms with Gasteiger partial charge in [-0.2, -0.15) is 5.10 Å². The van der Waals surface area contributed by atoms with Gasteiger partial charge in [0.25, 0.3) is 5.91 Å². The number of nitrogens with zero attached hydrogens (tertiary/aromatic N) is 3. The van der Waals surface area contributed by atoms with Crippen molar-refractivity contribution in [2.45, 2.75) is 25.2 Å². The number of rotatable bonds is 11. The van der Waals surface area contributed by atoms with Crippen LogP contribution in [0.15, 0.2) is 107 Å². The van der Waals surface area contributed by atoms with Crippen LogP contribution in [-0.2, 0) is 17.9 Å². The number of ether oxygens (including phenoxy) is 2. The van der Waals surface area contributed by atoms with Gasteiger partial charge in [-0.25, -0.2) is 10.4 Å². The van der Waals surface area contributed by atoms with Crippen LogP contribution >= 0.6 is 11.8 Å². The van der Waals surface area contributed by atoms with E-state index in [0.717, 1.165) is 27.3 Å². The number of aryl methyl sites for hydroxylation is 1. The van der Waals surface area contributed by atoms with Crippen LogP contribution in [0.1, 0.15) is 22.3 Å². The fourth-order valence-electron chi connectivity index (χ4n) is 4.16. The molecule has 1 aromatic heterocycles. The van der Waals surface area contributed by atoms with Crippen molar-refractivity contribution in [1.82, 2.24) is 15.0 Å². The Bertz CT molecular complexity index is 1620. The van der Waals surface area contributed by atoms with Crippen molar-refractivity contribution in [2.75, 3.05) is 12.9 Å². The third kappa shape index (κ3) is 6.90. The molecule has 8 heteroatoms. The highest BCUT2D eigenvalue weighted by molar-refractivity contribution is 7.99. The molecule has 202 valence electrons. The Morgan fingerprint density at radius 1 is 0.950 bits per heavy atom. The van der Waals surface area contributed by atoms with E-state index in [4.69, 9.17) is 14.5 Å². The van der Waals surface area contributed by atoms with Gasteiger partial charge in [-0.1, -0.05) is 84.1 Å². The van der Waals surface area contributed by atoms with Gasteiger partial charge in [0.05, 0.1) is 36.7 Å². The summed E-state index contributed by atoms with van der Waals surface area (Å²) < 4.78 is 13.5. The van der Waals surface area contributed by atoms with Crippen molar-refractivity contribution < 1.29 is 14.3 Å². The number of amides is 1. The predicted octanol–water partition coefficient (Wildman–Crippen LogP) is 6.22. The molecule has 7 nitrogen and oxygen atoms in total. The Hall–Kier alpha value is -4.56. The number of hydrazone groups is 1. The lowest BCUT2D eigenvalue weighted by Gasteiger charge is -2.11. The van der Waals surface area contributed by atoms with Gasteiger partial charge in [0.15, 0.2) is 16.7 Å². The molecule has 0 saturated carbocycles. The van der Waals surface area contributed by atoms with Gasteiger partial charge >= 0.3 is 0 Å². The van der Waals surface area contributed by atoms with E-state index in [1.807, 2.05) is 66.7 Å². The van der Waals surface area contributed by atoms with Crippen molar-refractivity contribution in [3.8, 4) is 11.5 Å². The topological polar surface area (TPSA) is 77.7 Å². The Labute approximate surface area is 237 Å². The summed E-state index contributed by atoms with van der Waals surface area (Å²) in [5.41, 5.74) is 8.78. The molecule has 0 saturated heterocycles. The Balaban J connectivity index is 1.21. The second-order valence-electron chi connectivity index (χ2n) is 9.22. The molecule has 40 heavy (non-hydrogen) atoms. The molecule has 0 bridgehead atoms. The minimum atomic E-state index is -0.218. The van der Waals surface area contributed by atoms with Crippen LogP contribution in [-0.4, -0.2) is 34.5 Å². The van der Waals surface area contributed by atoms with E-state index in [1.54, 1.807) is 13.3 Å². The molecule has 0 aliphatic carbocycles. The number of hydrogen-bond acceptors (Lipinski definition) is 6. The number of para-hydroxylation sites is 2. The number of methoxy groups -OCH3 is 1. The molecular formula is C32H30N4O3S. The molecule has 0 spiro atoms. The number of fused-ring (bicyclic) bond motifs is 1. The number of carbonyl (C=O) groups is 1. The molecule has 1 heterocycles. The van der Waals surface area contributed by atoms with Crippen LogP contribution in [0.4, 0.5) is 0 Å². The maximum Gasteiger partial charge on any atom is 0.250 e. The van der Waals surface area contributed by atoms with Gasteiger partial charge in [-0.15, -0.1) is 0 Å². The average Bonchev–Trinajstić information content (AvgIpc) is 3.34. The summed E-state index contributed by atoms with van der Waals surface area (Å²) in [6.07, 6.45) is 1.59. The highest BCUT2D eigenvalue weighted by atomic mass is 32.2. The molecule has 0 atom stereocenters. The van der Waals surface area contributed by atoms with Gasteiger partial charge in [-0.05, 0) is 53.9 Å². The van der Waals surface area contributed by atoms with Crippen molar-refractivity contribution in [3.63, 3.8) is 0 Å². The van der Waals surface area contributed by atoms with Gasteiger partial charge in [0, 0.05) is 0 Å². The Morgan fingerprint density at radius 2 is 1.73 bits per heavy atom. The molecule has 0 unspecified atom stereocenters. The SMILES string of the molecule is COc1ccc(/C=N/NC(=O)CSc2nc3ccccc3n2Cc2ccc(C)cc2)cc1OCc1ccccc1. The quantitative estimate of drug-likeness (QED) is 0.120. The summed E-state index contributed by atoms with van der Waals surface area (Å²) in [4.78, 5) is 17.4. The maximum atomic E-state index is 12.6. The van der Waals surface area contributed by atoms with Crippen LogP contribution in [0, 0.1) is 6.92 Å². The predicted molar refractivity (Wildman–Crippen MR) is 160 cm³/mol. The summed E-state index contributed by atoms with van der Waals surface area (Å²) in [6, 6.07) is 31.9. The fraction of sp³-hybridized carbons (Fsp3) is 0.156. The number of nitrogens with one attached hydrogen (secondary N) is 1. The van der Waals surface area contributed by atoms with Crippen LogP contribution in [0.25, 0.3) is 11.0 Å². The standard InChI is InChI=1S/C32H30N4O3S/c1-23-12-14-24(15-13-23)20-36-28-11-7-6-10-27(28)34-32(36)40-22-31(37)35-33-19-26-16-17-29(38-2)30(18-26)39-21-25-8-4-3-5-9-25/h3-19H,20-22H2,1-2H3,(H,35,37)/b33-19+. The van der Waals surface area contributed by atoms with Crippen molar-refractivity contribution >= 4 is 34.9 Å². The Morgan fingerprint density at radius 3 is 2.52 bits per heavy atom. The highest BCUT2D eigenvalue weighted by Gasteiger charge is 2.13. The third-order valence-corrected chi connectivity index (χ3v) is 7.22. The molecule has 1 N–H and O–H groups in total. The van der Waals surface area contributed by atoms with E-state index in [2.05, 4.69) is 52.3 Å². The van der Waals surface area contributed by atoms with E-state index in [-0.39, 0.29) is 11.7 Å². The summed E-state index contributed by atoms with van der Waals surface area (Å²) in [5.74, 6) is 1.19. The number of hydrogen-bond donors (Lipinski definition) is 1. The Kier molecular flexibility index (Phi) is 8.78. The number of aromatic nitrogens is 2. The van der Waals surface area contributed by atoms with Gasteiger partial charge < -0.3 is 14.0 Å². The number of thioether (sulfide) groups is 1. The molecule has 0 aliphatic heterocycles. The monoisotopic (exact) mass is 550 g/mol. The van der Waals surface area contributed by atoms with E-state index in [1.165, 1.54) is 22.9 Å². The van der Waals surface area contributed by atoms with Gasteiger partial charge in [0.1, 0.15) is 6.61 Å². The summed E-state index contributed by atoms with van der Waals surface area (Å²) in [5, 5.41) is 4.94. The zero-order valence-electron chi connectivity index (χ0n) is 22.4. The summed E-state index contributed by atoms with van der Waals surface area (Å²) in [6.45, 7) is 3.17. The third-order valence-electron chi connectivity index (χ3n) is 6.24. The average molecular weight is 551 g/mol. The minimum absolute atomic E-state index is 0.183. The van der Waals surface area contributed by atoms with Crippen molar-refractivity contribution in [2.24, 2.45) is 5.10 Å². The van der Waals surface area contributed by atoms with Crippen LogP contribution < -0.4 is 14.9 Å².